The number of amides is 2. The molecule has 0 aromatic heterocycles. The van der Waals surface area contributed by atoms with Crippen molar-refractivity contribution in [2.45, 2.75) is 39.7 Å². The topological polar surface area (TPSA) is 75.4 Å². The lowest BCUT2D eigenvalue weighted by atomic mass is 9.91. The number of nitrogens with one attached hydrogen (secondary N) is 1. The molecule has 2 amide bonds. The Labute approximate surface area is 116 Å². The van der Waals surface area contributed by atoms with E-state index in [1.807, 2.05) is 6.92 Å². The molecule has 0 saturated carbocycles. The van der Waals surface area contributed by atoms with E-state index in [0.29, 0.717) is 12.5 Å². The van der Waals surface area contributed by atoms with E-state index in [1.165, 1.54) is 11.8 Å². The maximum atomic E-state index is 11.8. The maximum Gasteiger partial charge on any atom is 0.240 e. The van der Waals surface area contributed by atoms with E-state index in [1.54, 1.807) is 7.05 Å². The standard InChI is InChI=1S/C12H25N3O2.ClH/c1-9(2)6-12(4,8-13)14-11(17)7-15(5)10(3)16;/h9H,6-8,13H2,1-5H3,(H,14,17);1H. The van der Waals surface area contributed by atoms with Gasteiger partial charge >= 0.3 is 0 Å². The monoisotopic (exact) mass is 279 g/mol. The Morgan fingerprint density at radius 3 is 2.22 bits per heavy atom. The highest BCUT2D eigenvalue weighted by Gasteiger charge is 2.26. The molecule has 0 aromatic rings. The third-order valence-corrected chi connectivity index (χ3v) is 2.67. The zero-order valence-electron chi connectivity index (χ0n) is 11.9. The predicted octanol–water partition coefficient (Wildman–Crippen LogP) is 0.766. The number of halogens is 1. The smallest absolute Gasteiger partial charge is 0.240 e. The molecule has 1 atom stereocenters. The van der Waals surface area contributed by atoms with Crippen LogP contribution in [0.3, 0.4) is 0 Å². The minimum atomic E-state index is -0.400. The van der Waals surface area contributed by atoms with Crippen LogP contribution in [-0.2, 0) is 9.59 Å². The van der Waals surface area contributed by atoms with Crippen LogP contribution in [0, 0.1) is 5.92 Å². The predicted molar refractivity (Wildman–Crippen MR) is 75.6 cm³/mol. The molecule has 0 spiro atoms. The lowest BCUT2D eigenvalue weighted by molar-refractivity contribution is -0.133. The van der Waals surface area contributed by atoms with Crippen LogP contribution in [0.4, 0.5) is 0 Å². The Balaban J connectivity index is 0. The first-order valence-electron chi connectivity index (χ1n) is 5.93. The second-order valence-electron chi connectivity index (χ2n) is 5.29. The molecule has 18 heavy (non-hydrogen) atoms. The molecule has 0 aliphatic carbocycles. The van der Waals surface area contributed by atoms with E-state index in [4.69, 9.17) is 5.73 Å². The van der Waals surface area contributed by atoms with Crippen molar-refractivity contribution >= 4 is 24.2 Å². The molecular formula is C12H26ClN3O2. The van der Waals surface area contributed by atoms with E-state index in [2.05, 4.69) is 19.2 Å². The molecular weight excluding hydrogens is 254 g/mol. The SMILES string of the molecule is CC(=O)N(C)CC(=O)NC(C)(CN)CC(C)C.Cl. The van der Waals surface area contributed by atoms with Crippen molar-refractivity contribution in [2.24, 2.45) is 11.7 Å². The largest absolute Gasteiger partial charge is 0.348 e. The van der Waals surface area contributed by atoms with Crippen LogP contribution in [0.5, 0.6) is 0 Å². The molecule has 5 nitrogen and oxygen atoms in total. The third kappa shape index (κ3) is 7.50. The molecule has 0 aliphatic rings. The highest BCUT2D eigenvalue weighted by Crippen LogP contribution is 2.15. The summed E-state index contributed by atoms with van der Waals surface area (Å²) in [6, 6.07) is 0. The summed E-state index contributed by atoms with van der Waals surface area (Å²) in [5, 5.41) is 2.90. The van der Waals surface area contributed by atoms with Crippen LogP contribution < -0.4 is 11.1 Å². The number of hydrogen-bond donors (Lipinski definition) is 2. The molecule has 0 aromatic carbocycles. The van der Waals surface area contributed by atoms with Gasteiger partial charge in [-0.25, -0.2) is 0 Å². The van der Waals surface area contributed by atoms with Crippen molar-refractivity contribution in [1.82, 2.24) is 10.2 Å². The molecule has 1 unspecified atom stereocenters. The number of carbonyl (C=O) groups is 2. The summed E-state index contributed by atoms with van der Waals surface area (Å²) in [5.74, 6) is 0.157. The normalized spacial score (nSPS) is 13.5. The Morgan fingerprint density at radius 2 is 1.89 bits per heavy atom. The third-order valence-electron chi connectivity index (χ3n) is 2.67. The molecule has 3 N–H and O–H groups in total. The first kappa shape index (κ1) is 19.5. The van der Waals surface area contributed by atoms with E-state index in [-0.39, 0.29) is 30.8 Å². The van der Waals surface area contributed by atoms with Crippen LogP contribution in [0.25, 0.3) is 0 Å². The van der Waals surface area contributed by atoms with Gasteiger partial charge in [0.2, 0.25) is 11.8 Å². The minimum Gasteiger partial charge on any atom is -0.348 e. The van der Waals surface area contributed by atoms with Crippen LogP contribution in [-0.4, -0.2) is 42.4 Å². The van der Waals surface area contributed by atoms with Crippen molar-refractivity contribution < 1.29 is 9.59 Å². The van der Waals surface area contributed by atoms with Crippen LogP contribution in [0.15, 0.2) is 0 Å². The maximum absolute atomic E-state index is 11.8. The molecule has 0 fully saturated rings. The first-order valence-corrected chi connectivity index (χ1v) is 5.93. The van der Waals surface area contributed by atoms with E-state index in [0.717, 1.165) is 6.42 Å². The molecule has 0 heterocycles. The van der Waals surface area contributed by atoms with Crippen molar-refractivity contribution in [3.63, 3.8) is 0 Å². The van der Waals surface area contributed by atoms with Gasteiger partial charge in [0.1, 0.15) is 0 Å². The van der Waals surface area contributed by atoms with Crippen molar-refractivity contribution in [2.75, 3.05) is 20.1 Å². The number of rotatable bonds is 6. The number of nitrogens with zero attached hydrogens (tertiary/aromatic N) is 1. The zero-order valence-corrected chi connectivity index (χ0v) is 12.8. The van der Waals surface area contributed by atoms with Gasteiger partial charge in [0, 0.05) is 26.1 Å². The van der Waals surface area contributed by atoms with Gasteiger partial charge in [0.05, 0.1) is 6.54 Å². The summed E-state index contributed by atoms with van der Waals surface area (Å²) in [5.41, 5.74) is 5.30. The van der Waals surface area contributed by atoms with Gasteiger partial charge in [-0.2, -0.15) is 0 Å². The van der Waals surface area contributed by atoms with Crippen LogP contribution >= 0.6 is 12.4 Å². The molecule has 0 radical (unpaired) electrons. The van der Waals surface area contributed by atoms with E-state index < -0.39 is 5.54 Å². The fourth-order valence-corrected chi connectivity index (χ4v) is 1.79. The van der Waals surface area contributed by atoms with Crippen molar-refractivity contribution in [3.8, 4) is 0 Å². The Morgan fingerprint density at radius 1 is 1.39 bits per heavy atom. The fraction of sp³-hybridized carbons (Fsp3) is 0.833. The number of likely N-dealkylation sites (N-methyl/N-ethyl adjacent to an activating group) is 1. The summed E-state index contributed by atoms with van der Waals surface area (Å²) in [6.45, 7) is 8.00. The Hall–Kier alpha value is -0.810. The van der Waals surface area contributed by atoms with E-state index >= 15 is 0 Å². The average molecular weight is 280 g/mol. The molecule has 0 bridgehead atoms. The minimum absolute atomic E-state index is 0. The highest BCUT2D eigenvalue weighted by molar-refractivity contribution is 5.85. The quantitative estimate of drug-likeness (QED) is 0.754. The van der Waals surface area contributed by atoms with Crippen molar-refractivity contribution in [1.29, 1.82) is 0 Å². The number of nitrogens with two attached hydrogens (primary N) is 1. The van der Waals surface area contributed by atoms with Crippen LogP contribution in [0.1, 0.15) is 34.1 Å². The number of hydrogen-bond acceptors (Lipinski definition) is 3. The zero-order chi connectivity index (χ0) is 13.6. The Kier molecular flexibility index (Phi) is 9.03. The van der Waals surface area contributed by atoms with Crippen molar-refractivity contribution in [3.05, 3.63) is 0 Å². The molecule has 0 aliphatic heterocycles. The number of carbonyl (C=O) groups excluding carboxylic acids is 2. The average Bonchev–Trinajstić information content (AvgIpc) is 2.15. The highest BCUT2D eigenvalue weighted by atomic mass is 35.5. The van der Waals surface area contributed by atoms with Gasteiger partial charge in [-0.3, -0.25) is 9.59 Å². The van der Waals surface area contributed by atoms with Gasteiger partial charge in [-0.05, 0) is 19.3 Å². The molecule has 0 rings (SSSR count). The molecule has 108 valence electrons. The van der Waals surface area contributed by atoms with Crippen LogP contribution in [0.2, 0.25) is 0 Å². The van der Waals surface area contributed by atoms with E-state index in [9.17, 15) is 9.59 Å². The van der Waals surface area contributed by atoms with Gasteiger partial charge < -0.3 is 16.0 Å². The summed E-state index contributed by atoms with van der Waals surface area (Å²) in [4.78, 5) is 24.1. The summed E-state index contributed by atoms with van der Waals surface area (Å²) >= 11 is 0. The van der Waals surface area contributed by atoms with Gasteiger partial charge in [-0.1, -0.05) is 13.8 Å². The fourth-order valence-electron chi connectivity index (χ4n) is 1.79. The first-order chi connectivity index (χ1) is 7.70. The van der Waals surface area contributed by atoms with Gasteiger partial charge in [-0.15, -0.1) is 12.4 Å². The lowest BCUT2D eigenvalue weighted by Crippen LogP contribution is -2.54. The van der Waals surface area contributed by atoms with Gasteiger partial charge in [0.25, 0.3) is 0 Å². The Bertz CT molecular complexity index is 284. The second-order valence-corrected chi connectivity index (χ2v) is 5.29. The lowest BCUT2D eigenvalue weighted by Gasteiger charge is -2.31. The summed E-state index contributed by atoms with van der Waals surface area (Å²) in [6.07, 6.45) is 0.818. The molecule has 6 heteroatoms. The molecule has 0 saturated heterocycles. The second kappa shape index (κ2) is 8.32. The van der Waals surface area contributed by atoms with Gasteiger partial charge in [0.15, 0.2) is 0 Å². The summed E-state index contributed by atoms with van der Waals surface area (Å²) in [7, 11) is 1.60. The summed E-state index contributed by atoms with van der Waals surface area (Å²) < 4.78 is 0.